The van der Waals surface area contributed by atoms with Crippen molar-refractivity contribution in [2.24, 2.45) is 5.73 Å². The summed E-state index contributed by atoms with van der Waals surface area (Å²) >= 11 is 6.08. The van der Waals surface area contributed by atoms with Gasteiger partial charge in [0.15, 0.2) is 11.5 Å². The molecule has 7 heteroatoms. The SMILES string of the molecule is COc1ccc(-c2nc3cc(Cl)ccc3c(=O)n2CCCN)cc1OC. The van der Waals surface area contributed by atoms with Crippen molar-refractivity contribution in [2.75, 3.05) is 20.8 Å². The van der Waals surface area contributed by atoms with Crippen molar-refractivity contribution in [1.29, 1.82) is 0 Å². The first kappa shape index (κ1) is 18.2. The summed E-state index contributed by atoms with van der Waals surface area (Å²) < 4.78 is 12.3. The molecule has 0 fully saturated rings. The number of hydrogen-bond donors (Lipinski definition) is 1. The molecule has 0 bridgehead atoms. The molecule has 0 aliphatic rings. The topological polar surface area (TPSA) is 79.4 Å². The largest absolute Gasteiger partial charge is 0.493 e. The van der Waals surface area contributed by atoms with E-state index < -0.39 is 0 Å². The van der Waals surface area contributed by atoms with Crippen molar-refractivity contribution in [3.05, 3.63) is 51.8 Å². The van der Waals surface area contributed by atoms with Crippen molar-refractivity contribution in [1.82, 2.24) is 9.55 Å². The molecule has 0 amide bonds. The third kappa shape index (κ3) is 3.38. The van der Waals surface area contributed by atoms with Gasteiger partial charge in [0.05, 0.1) is 25.1 Å². The maximum Gasteiger partial charge on any atom is 0.261 e. The Labute approximate surface area is 156 Å². The number of fused-ring (bicyclic) bond motifs is 1. The molecule has 2 aromatic carbocycles. The quantitative estimate of drug-likeness (QED) is 0.718. The molecular formula is C19H20ClN3O3. The van der Waals surface area contributed by atoms with E-state index in [1.807, 2.05) is 6.07 Å². The van der Waals surface area contributed by atoms with Gasteiger partial charge in [0, 0.05) is 17.1 Å². The van der Waals surface area contributed by atoms with Gasteiger partial charge in [-0.2, -0.15) is 0 Å². The molecule has 3 aromatic rings. The van der Waals surface area contributed by atoms with Crippen LogP contribution in [0.4, 0.5) is 0 Å². The summed E-state index contributed by atoms with van der Waals surface area (Å²) in [6.45, 7) is 0.959. The maximum atomic E-state index is 13.0. The minimum atomic E-state index is -0.120. The molecule has 0 spiro atoms. The van der Waals surface area contributed by atoms with Gasteiger partial charge in [-0.3, -0.25) is 9.36 Å². The average molecular weight is 374 g/mol. The Balaban J connectivity index is 2.27. The van der Waals surface area contributed by atoms with Crippen LogP contribution in [-0.2, 0) is 6.54 Å². The lowest BCUT2D eigenvalue weighted by Crippen LogP contribution is -2.24. The number of aromatic nitrogens is 2. The first-order chi connectivity index (χ1) is 12.6. The minimum Gasteiger partial charge on any atom is -0.493 e. The van der Waals surface area contributed by atoms with Crippen LogP contribution in [0.15, 0.2) is 41.2 Å². The number of methoxy groups -OCH3 is 2. The Morgan fingerprint density at radius 1 is 1.12 bits per heavy atom. The molecule has 2 N–H and O–H groups in total. The summed E-state index contributed by atoms with van der Waals surface area (Å²) in [4.78, 5) is 17.7. The summed E-state index contributed by atoms with van der Waals surface area (Å²) in [7, 11) is 3.14. The monoisotopic (exact) mass is 373 g/mol. The lowest BCUT2D eigenvalue weighted by Gasteiger charge is -2.15. The molecule has 6 nitrogen and oxygen atoms in total. The molecule has 0 saturated heterocycles. The lowest BCUT2D eigenvalue weighted by molar-refractivity contribution is 0.355. The van der Waals surface area contributed by atoms with Crippen LogP contribution in [0.5, 0.6) is 11.5 Å². The second-order valence-electron chi connectivity index (χ2n) is 5.77. The summed E-state index contributed by atoms with van der Waals surface area (Å²) in [6, 6.07) is 10.5. The van der Waals surface area contributed by atoms with E-state index in [0.717, 1.165) is 5.56 Å². The predicted octanol–water partition coefficient (Wildman–Crippen LogP) is 3.08. The van der Waals surface area contributed by atoms with Crippen molar-refractivity contribution < 1.29 is 9.47 Å². The number of hydrogen-bond acceptors (Lipinski definition) is 5. The molecule has 0 saturated carbocycles. The van der Waals surface area contributed by atoms with Crippen molar-refractivity contribution >= 4 is 22.5 Å². The molecule has 1 aromatic heterocycles. The number of ether oxygens (including phenoxy) is 2. The smallest absolute Gasteiger partial charge is 0.261 e. The molecule has 0 unspecified atom stereocenters. The minimum absolute atomic E-state index is 0.120. The third-order valence-corrected chi connectivity index (χ3v) is 4.38. The zero-order valence-corrected chi connectivity index (χ0v) is 15.4. The van der Waals surface area contributed by atoms with E-state index in [4.69, 9.17) is 31.8 Å². The molecule has 0 atom stereocenters. The average Bonchev–Trinajstić information content (AvgIpc) is 2.66. The Morgan fingerprint density at radius 3 is 2.58 bits per heavy atom. The Hall–Kier alpha value is -2.57. The van der Waals surface area contributed by atoms with Crippen molar-refractivity contribution in [2.45, 2.75) is 13.0 Å². The van der Waals surface area contributed by atoms with Gasteiger partial charge in [-0.05, 0) is 49.4 Å². The van der Waals surface area contributed by atoms with Gasteiger partial charge >= 0.3 is 0 Å². The van der Waals surface area contributed by atoms with Gasteiger partial charge in [-0.25, -0.2) is 4.98 Å². The second-order valence-corrected chi connectivity index (χ2v) is 6.20. The standard InChI is InChI=1S/C19H20ClN3O3/c1-25-16-7-4-12(10-17(16)26-2)18-22-15-11-13(20)5-6-14(15)19(24)23(18)9-3-8-21/h4-7,10-11H,3,8-9,21H2,1-2H3. The van der Waals surface area contributed by atoms with Crippen LogP contribution in [0.2, 0.25) is 5.02 Å². The van der Waals surface area contributed by atoms with Crippen molar-refractivity contribution in [3.8, 4) is 22.9 Å². The van der Waals surface area contributed by atoms with E-state index in [2.05, 4.69) is 0 Å². The zero-order valence-electron chi connectivity index (χ0n) is 14.7. The number of nitrogens with two attached hydrogens (primary N) is 1. The fraction of sp³-hybridized carbons (Fsp3) is 0.263. The number of benzene rings is 2. The van der Waals surface area contributed by atoms with Gasteiger partial charge < -0.3 is 15.2 Å². The summed E-state index contributed by atoms with van der Waals surface area (Å²) in [5, 5.41) is 1.05. The predicted molar refractivity (Wildman–Crippen MR) is 103 cm³/mol. The number of nitrogens with zero attached hydrogens (tertiary/aromatic N) is 2. The number of halogens is 1. The van der Waals surface area contributed by atoms with E-state index >= 15 is 0 Å². The van der Waals surface area contributed by atoms with Crippen LogP contribution in [0.1, 0.15) is 6.42 Å². The van der Waals surface area contributed by atoms with Gasteiger partial charge in [0.25, 0.3) is 5.56 Å². The highest BCUT2D eigenvalue weighted by Crippen LogP contribution is 2.32. The van der Waals surface area contributed by atoms with E-state index in [1.54, 1.807) is 49.1 Å². The number of rotatable bonds is 6. The molecule has 136 valence electrons. The highest BCUT2D eigenvalue weighted by Gasteiger charge is 2.15. The van der Waals surface area contributed by atoms with Crippen LogP contribution in [0.25, 0.3) is 22.3 Å². The van der Waals surface area contributed by atoms with Crippen LogP contribution < -0.4 is 20.8 Å². The van der Waals surface area contributed by atoms with Crippen LogP contribution in [-0.4, -0.2) is 30.3 Å². The van der Waals surface area contributed by atoms with Crippen LogP contribution in [0.3, 0.4) is 0 Å². The lowest BCUT2D eigenvalue weighted by atomic mass is 10.1. The van der Waals surface area contributed by atoms with Gasteiger partial charge in [-0.15, -0.1) is 0 Å². The summed E-state index contributed by atoms with van der Waals surface area (Å²) in [5.41, 5.74) is 6.82. The molecule has 1 heterocycles. The van der Waals surface area contributed by atoms with E-state index in [-0.39, 0.29) is 5.56 Å². The normalized spacial score (nSPS) is 10.9. The maximum absolute atomic E-state index is 13.0. The zero-order chi connectivity index (χ0) is 18.7. The fourth-order valence-electron chi connectivity index (χ4n) is 2.85. The third-order valence-electron chi connectivity index (χ3n) is 4.14. The molecule has 0 aliphatic carbocycles. The molecule has 3 rings (SSSR count). The van der Waals surface area contributed by atoms with Crippen LogP contribution in [0, 0.1) is 0 Å². The Bertz CT molecular complexity index is 1000. The fourth-order valence-corrected chi connectivity index (χ4v) is 3.01. The van der Waals surface area contributed by atoms with Gasteiger partial charge in [0.1, 0.15) is 5.82 Å². The Kier molecular flexibility index (Phi) is 5.44. The second kappa shape index (κ2) is 7.76. The van der Waals surface area contributed by atoms with E-state index in [9.17, 15) is 4.79 Å². The van der Waals surface area contributed by atoms with Gasteiger partial charge in [-0.1, -0.05) is 11.6 Å². The summed E-state index contributed by atoms with van der Waals surface area (Å²) in [6.07, 6.45) is 0.668. The van der Waals surface area contributed by atoms with E-state index in [1.165, 1.54) is 0 Å². The first-order valence-corrected chi connectivity index (χ1v) is 8.59. The summed E-state index contributed by atoms with van der Waals surface area (Å²) in [5.74, 6) is 1.71. The molecule has 0 aliphatic heterocycles. The van der Waals surface area contributed by atoms with Crippen molar-refractivity contribution in [3.63, 3.8) is 0 Å². The van der Waals surface area contributed by atoms with Crippen LogP contribution >= 0.6 is 11.6 Å². The molecule has 26 heavy (non-hydrogen) atoms. The highest BCUT2D eigenvalue weighted by atomic mass is 35.5. The first-order valence-electron chi connectivity index (χ1n) is 8.21. The van der Waals surface area contributed by atoms with E-state index in [0.29, 0.717) is 52.8 Å². The molecule has 0 radical (unpaired) electrons. The Morgan fingerprint density at radius 2 is 1.88 bits per heavy atom. The van der Waals surface area contributed by atoms with Gasteiger partial charge in [0.2, 0.25) is 0 Å². The highest BCUT2D eigenvalue weighted by molar-refractivity contribution is 6.31. The molecular weight excluding hydrogens is 354 g/mol.